The van der Waals surface area contributed by atoms with Gasteiger partial charge in [0.1, 0.15) is 5.65 Å². The van der Waals surface area contributed by atoms with E-state index in [-0.39, 0.29) is 0 Å². The lowest BCUT2D eigenvalue weighted by molar-refractivity contribution is 0.112. The van der Waals surface area contributed by atoms with E-state index in [1.807, 2.05) is 22.9 Å². The molecule has 4 nitrogen and oxygen atoms in total. The molecule has 1 atom stereocenters. The number of imidazole rings is 1. The molecule has 1 unspecified atom stereocenters. The number of carbonyl (C=O) groups excluding carboxylic acids is 1. The van der Waals surface area contributed by atoms with Gasteiger partial charge in [-0.25, -0.2) is 4.98 Å². The van der Waals surface area contributed by atoms with Gasteiger partial charge in [0.05, 0.1) is 5.69 Å². The fourth-order valence-electron chi connectivity index (χ4n) is 2.71. The summed E-state index contributed by atoms with van der Waals surface area (Å²) in [5.74, 6) is 0. The number of likely N-dealkylation sites (tertiary alicyclic amines) is 1. The molecular weight excluding hydrogens is 226 g/mol. The average Bonchev–Trinajstić information content (AvgIpc) is 2.95. The van der Waals surface area contributed by atoms with Gasteiger partial charge in [-0.1, -0.05) is 0 Å². The van der Waals surface area contributed by atoms with E-state index >= 15 is 0 Å². The first kappa shape index (κ1) is 11.4. The quantitative estimate of drug-likeness (QED) is 0.771. The van der Waals surface area contributed by atoms with Crippen molar-refractivity contribution in [2.45, 2.75) is 25.3 Å². The first-order valence-electron chi connectivity index (χ1n) is 6.39. The number of pyridine rings is 1. The van der Waals surface area contributed by atoms with Crippen LogP contribution in [0.2, 0.25) is 0 Å². The molecule has 0 saturated carbocycles. The van der Waals surface area contributed by atoms with E-state index in [9.17, 15) is 4.79 Å². The number of carbonyl (C=O) groups is 1. The lowest BCUT2D eigenvalue weighted by Crippen LogP contribution is -2.26. The number of hydrogen-bond acceptors (Lipinski definition) is 3. The topological polar surface area (TPSA) is 37.6 Å². The largest absolute Gasteiger partial charge is 0.306 e. The predicted molar refractivity (Wildman–Crippen MR) is 69.9 cm³/mol. The summed E-state index contributed by atoms with van der Waals surface area (Å²) in [6.07, 6.45) is 8.26. The van der Waals surface area contributed by atoms with Crippen LogP contribution >= 0.6 is 0 Å². The summed E-state index contributed by atoms with van der Waals surface area (Å²) in [4.78, 5) is 17.7. The van der Waals surface area contributed by atoms with E-state index in [2.05, 4.69) is 16.9 Å². The molecule has 3 rings (SSSR count). The molecule has 3 heterocycles. The molecule has 0 aromatic carbocycles. The molecule has 0 spiro atoms. The maximum absolute atomic E-state index is 10.7. The highest BCUT2D eigenvalue weighted by atomic mass is 16.1. The Hall–Kier alpha value is -1.68. The van der Waals surface area contributed by atoms with E-state index in [4.69, 9.17) is 0 Å². The van der Waals surface area contributed by atoms with Gasteiger partial charge in [0, 0.05) is 30.4 Å². The molecule has 0 radical (unpaired) electrons. The van der Waals surface area contributed by atoms with Gasteiger partial charge in [-0.15, -0.1) is 0 Å². The Kier molecular flexibility index (Phi) is 2.88. The van der Waals surface area contributed by atoms with Crippen molar-refractivity contribution in [3.05, 3.63) is 35.8 Å². The van der Waals surface area contributed by atoms with Crippen molar-refractivity contribution in [3.8, 4) is 0 Å². The second-order valence-corrected chi connectivity index (χ2v) is 5.06. The Bertz CT molecular complexity index is 575. The first-order chi connectivity index (χ1) is 8.76. The highest BCUT2D eigenvalue weighted by Crippen LogP contribution is 2.19. The van der Waals surface area contributed by atoms with Crippen LogP contribution in [0.3, 0.4) is 0 Å². The Morgan fingerprint density at radius 2 is 2.33 bits per heavy atom. The Morgan fingerprint density at radius 3 is 3.06 bits per heavy atom. The fourth-order valence-corrected chi connectivity index (χ4v) is 2.71. The van der Waals surface area contributed by atoms with Gasteiger partial charge in [0.25, 0.3) is 0 Å². The van der Waals surface area contributed by atoms with Gasteiger partial charge >= 0.3 is 0 Å². The fraction of sp³-hybridized carbons (Fsp3) is 0.429. The third-order valence-corrected chi connectivity index (χ3v) is 3.78. The second-order valence-electron chi connectivity index (χ2n) is 5.06. The molecular formula is C14H17N3O. The molecule has 0 N–H and O–H groups in total. The molecule has 1 aliphatic heterocycles. The van der Waals surface area contributed by atoms with Crippen LogP contribution in [-0.2, 0) is 6.42 Å². The molecule has 94 valence electrons. The molecule has 2 aromatic heterocycles. The zero-order chi connectivity index (χ0) is 12.5. The first-order valence-corrected chi connectivity index (χ1v) is 6.39. The molecule has 0 bridgehead atoms. The van der Waals surface area contributed by atoms with Crippen molar-refractivity contribution in [2.75, 3.05) is 13.6 Å². The van der Waals surface area contributed by atoms with E-state index in [1.165, 1.54) is 19.4 Å². The van der Waals surface area contributed by atoms with Gasteiger partial charge in [-0.05, 0) is 38.6 Å². The maximum atomic E-state index is 10.7. The standard InChI is InChI=1S/C14H17N3O/c1-16-6-2-3-13(16)7-12-9-17-8-11(10-18)4-5-14(17)15-12/h4-5,8-10,13H,2-3,6-7H2,1H3. The van der Waals surface area contributed by atoms with Gasteiger partial charge < -0.3 is 9.30 Å². The van der Waals surface area contributed by atoms with Crippen molar-refractivity contribution in [1.82, 2.24) is 14.3 Å². The summed E-state index contributed by atoms with van der Waals surface area (Å²) >= 11 is 0. The maximum Gasteiger partial charge on any atom is 0.151 e. The normalized spacial score (nSPS) is 20.6. The molecule has 1 fully saturated rings. The second kappa shape index (κ2) is 4.53. The summed E-state index contributed by atoms with van der Waals surface area (Å²) in [6, 6.07) is 4.31. The van der Waals surface area contributed by atoms with Crippen LogP contribution in [0.4, 0.5) is 0 Å². The van der Waals surface area contributed by atoms with Crippen molar-refractivity contribution in [2.24, 2.45) is 0 Å². The van der Waals surface area contributed by atoms with Crippen molar-refractivity contribution in [1.29, 1.82) is 0 Å². The molecule has 0 amide bonds. The van der Waals surface area contributed by atoms with Crippen LogP contribution in [0, 0.1) is 0 Å². The molecule has 1 saturated heterocycles. The van der Waals surface area contributed by atoms with Gasteiger partial charge in [-0.2, -0.15) is 0 Å². The SMILES string of the molecule is CN1CCCC1Cc1cn2cc(C=O)ccc2n1. The Morgan fingerprint density at radius 1 is 1.44 bits per heavy atom. The number of likely N-dealkylation sites (N-methyl/N-ethyl adjacent to an activating group) is 1. The van der Waals surface area contributed by atoms with Crippen molar-refractivity contribution < 1.29 is 4.79 Å². The summed E-state index contributed by atoms with van der Waals surface area (Å²) in [7, 11) is 2.18. The minimum atomic E-state index is 0.612. The molecule has 1 aliphatic rings. The third kappa shape index (κ3) is 2.04. The number of rotatable bonds is 3. The van der Waals surface area contributed by atoms with E-state index < -0.39 is 0 Å². The third-order valence-electron chi connectivity index (χ3n) is 3.78. The summed E-state index contributed by atoms with van der Waals surface area (Å²) in [6.45, 7) is 1.19. The molecule has 18 heavy (non-hydrogen) atoms. The lowest BCUT2D eigenvalue weighted by atomic mass is 10.1. The Labute approximate surface area is 106 Å². The van der Waals surface area contributed by atoms with E-state index in [1.54, 1.807) is 6.07 Å². The van der Waals surface area contributed by atoms with Gasteiger partial charge in [0.2, 0.25) is 0 Å². The lowest BCUT2D eigenvalue weighted by Gasteiger charge is -2.17. The summed E-state index contributed by atoms with van der Waals surface area (Å²) in [5, 5.41) is 0. The summed E-state index contributed by atoms with van der Waals surface area (Å²) in [5.41, 5.74) is 2.71. The van der Waals surface area contributed by atoms with Crippen LogP contribution in [0.15, 0.2) is 24.5 Å². The zero-order valence-electron chi connectivity index (χ0n) is 10.5. The summed E-state index contributed by atoms with van der Waals surface area (Å²) < 4.78 is 1.94. The van der Waals surface area contributed by atoms with Crippen LogP contribution < -0.4 is 0 Å². The predicted octanol–water partition coefficient (Wildman–Crippen LogP) is 1.78. The number of fused-ring (bicyclic) bond motifs is 1. The van der Waals surface area contributed by atoms with E-state index in [0.717, 1.165) is 24.0 Å². The highest BCUT2D eigenvalue weighted by Gasteiger charge is 2.21. The number of hydrogen-bond donors (Lipinski definition) is 0. The van der Waals surface area contributed by atoms with E-state index in [0.29, 0.717) is 11.6 Å². The smallest absolute Gasteiger partial charge is 0.151 e. The van der Waals surface area contributed by atoms with Crippen LogP contribution in [0.5, 0.6) is 0 Å². The minimum absolute atomic E-state index is 0.612. The molecule has 0 aliphatic carbocycles. The number of aldehydes is 1. The average molecular weight is 243 g/mol. The molecule has 4 heteroatoms. The number of nitrogens with zero attached hydrogens (tertiary/aromatic N) is 3. The highest BCUT2D eigenvalue weighted by molar-refractivity contribution is 5.74. The van der Waals surface area contributed by atoms with Gasteiger partial charge in [-0.3, -0.25) is 4.79 Å². The molecule has 2 aromatic rings. The van der Waals surface area contributed by atoms with Crippen LogP contribution in [0.1, 0.15) is 28.9 Å². The van der Waals surface area contributed by atoms with Crippen LogP contribution in [0.25, 0.3) is 5.65 Å². The van der Waals surface area contributed by atoms with Gasteiger partial charge in [0.15, 0.2) is 6.29 Å². The Balaban J connectivity index is 1.86. The minimum Gasteiger partial charge on any atom is -0.306 e. The number of aromatic nitrogens is 2. The van der Waals surface area contributed by atoms with Crippen molar-refractivity contribution >= 4 is 11.9 Å². The van der Waals surface area contributed by atoms with Crippen LogP contribution in [-0.4, -0.2) is 40.2 Å². The zero-order valence-corrected chi connectivity index (χ0v) is 10.5. The van der Waals surface area contributed by atoms with Crippen molar-refractivity contribution in [3.63, 3.8) is 0 Å². The monoisotopic (exact) mass is 243 g/mol.